The van der Waals surface area contributed by atoms with Crippen molar-refractivity contribution in [2.45, 2.75) is 13.0 Å². The van der Waals surface area contributed by atoms with Crippen LogP contribution in [0.3, 0.4) is 0 Å². The van der Waals surface area contributed by atoms with Crippen molar-refractivity contribution >= 4 is 24.2 Å². The standard InChI is InChI=1S/C15H19F2N3O3.ClH/c16-15(17)23-12-4-2-1-3-11(12)14(22)20-9-7-19(8-10-20)13(21)5-6-18;/h1-4,15H,5-10,18H2;1H. The fourth-order valence-corrected chi connectivity index (χ4v) is 2.45. The number of carbonyl (C=O) groups is 2. The number of nitrogens with zero attached hydrogens (tertiary/aromatic N) is 2. The number of rotatable bonds is 5. The highest BCUT2D eigenvalue weighted by Crippen LogP contribution is 2.22. The van der Waals surface area contributed by atoms with Crippen LogP contribution in [0.2, 0.25) is 0 Å². The van der Waals surface area contributed by atoms with E-state index in [4.69, 9.17) is 5.73 Å². The van der Waals surface area contributed by atoms with E-state index >= 15 is 0 Å². The zero-order valence-electron chi connectivity index (χ0n) is 13.0. The third kappa shape index (κ3) is 5.04. The SMILES string of the molecule is Cl.NCCC(=O)N1CCN(C(=O)c2ccccc2OC(F)F)CC1. The molecule has 24 heavy (non-hydrogen) atoms. The van der Waals surface area contributed by atoms with Gasteiger partial charge in [-0.2, -0.15) is 8.78 Å². The Kier molecular flexibility index (Phi) is 7.87. The molecule has 2 N–H and O–H groups in total. The van der Waals surface area contributed by atoms with Gasteiger partial charge in [-0.3, -0.25) is 9.59 Å². The van der Waals surface area contributed by atoms with E-state index in [9.17, 15) is 18.4 Å². The number of alkyl halides is 2. The van der Waals surface area contributed by atoms with Crippen molar-refractivity contribution in [1.29, 1.82) is 0 Å². The van der Waals surface area contributed by atoms with Crippen LogP contribution in [0.15, 0.2) is 24.3 Å². The van der Waals surface area contributed by atoms with E-state index in [1.807, 2.05) is 0 Å². The number of ether oxygens (including phenoxy) is 1. The molecule has 1 saturated heterocycles. The number of benzene rings is 1. The molecule has 1 aliphatic rings. The third-order valence-electron chi connectivity index (χ3n) is 3.61. The summed E-state index contributed by atoms with van der Waals surface area (Å²) in [4.78, 5) is 27.4. The number of para-hydroxylation sites is 1. The second-order valence-corrected chi connectivity index (χ2v) is 5.09. The summed E-state index contributed by atoms with van der Waals surface area (Å²) in [6.45, 7) is -1.20. The van der Waals surface area contributed by atoms with Crippen molar-refractivity contribution in [1.82, 2.24) is 9.80 Å². The fourth-order valence-electron chi connectivity index (χ4n) is 2.45. The van der Waals surface area contributed by atoms with Crippen LogP contribution in [0.5, 0.6) is 5.75 Å². The molecule has 0 radical (unpaired) electrons. The highest BCUT2D eigenvalue weighted by molar-refractivity contribution is 5.97. The molecule has 1 aromatic rings. The summed E-state index contributed by atoms with van der Waals surface area (Å²) in [6.07, 6.45) is 0.277. The van der Waals surface area contributed by atoms with E-state index in [0.717, 1.165) is 0 Å². The van der Waals surface area contributed by atoms with E-state index in [2.05, 4.69) is 4.74 Å². The minimum absolute atomic E-state index is 0. The minimum atomic E-state index is -2.99. The predicted octanol–water partition coefficient (Wildman–Crippen LogP) is 1.34. The summed E-state index contributed by atoms with van der Waals surface area (Å²) in [5, 5.41) is 0. The van der Waals surface area contributed by atoms with Gasteiger partial charge in [0, 0.05) is 39.1 Å². The lowest BCUT2D eigenvalue weighted by atomic mass is 10.1. The van der Waals surface area contributed by atoms with Gasteiger partial charge in [-0.25, -0.2) is 0 Å². The summed E-state index contributed by atoms with van der Waals surface area (Å²) < 4.78 is 29.2. The molecule has 1 aliphatic heterocycles. The zero-order chi connectivity index (χ0) is 16.8. The first-order chi connectivity index (χ1) is 11.0. The summed E-state index contributed by atoms with van der Waals surface area (Å²) in [5.41, 5.74) is 5.45. The molecular formula is C15H20ClF2N3O3. The molecule has 9 heteroatoms. The van der Waals surface area contributed by atoms with Crippen LogP contribution in [0.25, 0.3) is 0 Å². The largest absolute Gasteiger partial charge is 0.434 e. The monoisotopic (exact) mass is 363 g/mol. The van der Waals surface area contributed by atoms with E-state index in [1.165, 1.54) is 23.1 Å². The van der Waals surface area contributed by atoms with Crippen LogP contribution in [0.4, 0.5) is 8.78 Å². The Morgan fingerprint density at radius 3 is 2.29 bits per heavy atom. The lowest BCUT2D eigenvalue weighted by Gasteiger charge is -2.35. The molecular weight excluding hydrogens is 344 g/mol. The van der Waals surface area contributed by atoms with Gasteiger partial charge in [0.05, 0.1) is 5.56 Å². The zero-order valence-corrected chi connectivity index (χ0v) is 13.8. The van der Waals surface area contributed by atoms with Crippen molar-refractivity contribution in [3.8, 4) is 5.75 Å². The Morgan fingerprint density at radius 2 is 1.71 bits per heavy atom. The summed E-state index contributed by atoms with van der Waals surface area (Å²) in [7, 11) is 0. The van der Waals surface area contributed by atoms with Crippen LogP contribution in [0.1, 0.15) is 16.8 Å². The number of amides is 2. The molecule has 0 bridgehead atoms. The third-order valence-corrected chi connectivity index (χ3v) is 3.61. The van der Waals surface area contributed by atoms with Crippen molar-refractivity contribution < 1.29 is 23.1 Å². The maximum atomic E-state index is 12.5. The molecule has 134 valence electrons. The normalized spacial score (nSPS) is 14.3. The van der Waals surface area contributed by atoms with Crippen molar-refractivity contribution in [3.63, 3.8) is 0 Å². The topological polar surface area (TPSA) is 75.9 Å². The molecule has 0 saturated carbocycles. The first-order valence-electron chi connectivity index (χ1n) is 7.34. The molecule has 0 atom stereocenters. The van der Waals surface area contributed by atoms with Crippen LogP contribution < -0.4 is 10.5 Å². The van der Waals surface area contributed by atoms with Gasteiger partial charge in [-0.05, 0) is 12.1 Å². The predicted molar refractivity (Wildman–Crippen MR) is 86.5 cm³/mol. The average Bonchev–Trinajstić information content (AvgIpc) is 2.54. The van der Waals surface area contributed by atoms with Gasteiger partial charge in [0.2, 0.25) is 5.91 Å². The fraction of sp³-hybridized carbons (Fsp3) is 0.467. The molecule has 0 aromatic heterocycles. The van der Waals surface area contributed by atoms with Gasteiger partial charge in [0.15, 0.2) is 0 Å². The van der Waals surface area contributed by atoms with Crippen molar-refractivity contribution in [2.24, 2.45) is 5.73 Å². The number of hydrogen-bond donors (Lipinski definition) is 1. The first kappa shape index (κ1) is 20.1. The smallest absolute Gasteiger partial charge is 0.387 e. The number of nitrogens with two attached hydrogens (primary N) is 1. The van der Waals surface area contributed by atoms with Crippen molar-refractivity contribution in [2.75, 3.05) is 32.7 Å². The van der Waals surface area contributed by atoms with Gasteiger partial charge in [-0.15, -0.1) is 12.4 Å². The van der Waals surface area contributed by atoms with Crippen LogP contribution in [-0.4, -0.2) is 60.9 Å². The second-order valence-electron chi connectivity index (χ2n) is 5.09. The lowest BCUT2D eigenvalue weighted by Crippen LogP contribution is -2.50. The number of carbonyl (C=O) groups excluding carboxylic acids is 2. The van der Waals surface area contributed by atoms with Gasteiger partial charge in [0.1, 0.15) is 5.75 Å². The molecule has 1 heterocycles. The highest BCUT2D eigenvalue weighted by Gasteiger charge is 2.26. The number of hydrogen-bond acceptors (Lipinski definition) is 4. The van der Waals surface area contributed by atoms with Gasteiger partial charge >= 0.3 is 6.61 Å². The molecule has 1 aromatic carbocycles. The molecule has 2 rings (SSSR count). The van der Waals surface area contributed by atoms with Crippen molar-refractivity contribution in [3.05, 3.63) is 29.8 Å². The van der Waals surface area contributed by atoms with E-state index < -0.39 is 6.61 Å². The maximum absolute atomic E-state index is 12.5. The molecule has 6 nitrogen and oxygen atoms in total. The minimum Gasteiger partial charge on any atom is -0.434 e. The molecule has 0 aliphatic carbocycles. The molecule has 0 unspecified atom stereocenters. The summed E-state index contributed by atoms with van der Waals surface area (Å²) in [6, 6.07) is 5.90. The summed E-state index contributed by atoms with van der Waals surface area (Å²) >= 11 is 0. The Labute approximate surface area is 144 Å². The molecule has 0 spiro atoms. The van der Waals surface area contributed by atoms with E-state index in [1.54, 1.807) is 11.0 Å². The lowest BCUT2D eigenvalue weighted by molar-refractivity contribution is -0.132. The van der Waals surface area contributed by atoms with Crippen LogP contribution in [0, 0.1) is 0 Å². The number of piperazine rings is 1. The number of halogens is 3. The van der Waals surface area contributed by atoms with Crippen LogP contribution >= 0.6 is 12.4 Å². The maximum Gasteiger partial charge on any atom is 0.387 e. The summed E-state index contributed by atoms with van der Waals surface area (Å²) in [5.74, 6) is -0.567. The quantitative estimate of drug-likeness (QED) is 0.856. The Balaban J connectivity index is 0.00000288. The van der Waals surface area contributed by atoms with E-state index in [0.29, 0.717) is 26.2 Å². The Morgan fingerprint density at radius 1 is 1.12 bits per heavy atom. The molecule has 1 fully saturated rings. The molecule has 2 amide bonds. The Hall–Kier alpha value is -1.93. The second kappa shape index (κ2) is 9.39. The average molecular weight is 364 g/mol. The van der Waals surface area contributed by atoms with Gasteiger partial charge in [0.25, 0.3) is 5.91 Å². The van der Waals surface area contributed by atoms with E-state index in [-0.39, 0.29) is 48.5 Å². The Bertz CT molecular complexity index is 567. The first-order valence-corrected chi connectivity index (χ1v) is 7.34. The highest BCUT2D eigenvalue weighted by atomic mass is 35.5. The van der Waals surface area contributed by atoms with Gasteiger partial charge in [-0.1, -0.05) is 12.1 Å². The van der Waals surface area contributed by atoms with Gasteiger partial charge < -0.3 is 20.3 Å². The van der Waals surface area contributed by atoms with Crippen LogP contribution in [-0.2, 0) is 4.79 Å².